The zero-order valence-electron chi connectivity index (χ0n) is 9.56. The number of aromatic nitrogens is 1. The van der Waals surface area contributed by atoms with E-state index in [1.54, 1.807) is 6.20 Å². The number of rotatable bonds is 5. The molecule has 0 aliphatic carbocycles. The van der Waals surface area contributed by atoms with Gasteiger partial charge in [0.15, 0.2) is 11.6 Å². The predicted octanol–water partition coefficient (Wildman–Crippen LogP) is 2.91. The topological polar surface area (TPSA) is 50.9 Å². The van der Waals surface area contributed by atoms with Crippen molar-refractivity contribution in [2.45, 2.75) is 32.2 Å². The quantitative estimate of drug-likeness (QED) is 0.876. The Bertz CT molecular complexity index is 353. The van der Waals surface area contributed by atoms with Crippen LogP contribution in [0, 0.1) is 5.82 Å². The average molecular weight is 290 g/mol. The van der Waals surface area contributed by atoms with Crippen LogP contribution in [0.4, 0.5) is 10.2 Å². The fourth-order valence-electron chi connectivity index (χ4n) is 1.30. The second-order valence-electron chi connectivity index (χ2n) is 3.91. The van der Waals surface area contributed by atoms with Gasteiger partial charge in [-0.15, -0.1) is 0 Å². The van der Waals surface area contributed by atoms with E-state index in [-0.39, 0.29) is 17.2 Å². The summed E-state index contributed by atoms with van der Waals surface area (Å²) in [6.07, 6.45) is 3.24. The second-order valence-corrected chi connectivity index (χ2v) is 4.82. The molecule has 3 N–H and O–H groups in total. The molecule has 5 heteroatoms. The summed E-state index contributed by atoms with van der Waals surface area (Å²) in [6, 6.07) is 1.38. The third-order valence-electron chi connectivity index (χ3n) is 2.82. The molecule has 0 bridgehead atoms. The Morgan fingerprint density at radius 3 is 2.62 bits per heavy atom. The van der Waals surface area contributed by atoms with Gasteiger partial charge >= 0.3 is 0 Å². The number of nitrogens with two attached hydrogens (primary N) is 1. The van der Waals surface area contributed by atoms with Crippen LogP contribution < -0.4 is 11.1 Å². The van der Waals surface area contributed by atoms with Crippen molar-refractivity contribution in [1.82, 2.24) is 4.98 Å². The van der Waals surface area contributed by atoms with Crippen molar-refractivity contribution in [2.75, 3.05) is 11.9 Å². The molecule has 0 aliphatic heterocycles. The van der Waals surface area contributed by atoms with Crippen LogP contribution in [0.5, 0.6) is 0 Å². The van der Waals surface area contributed by atoms with Crippen LogP contribution >= 0.6 is 15.9 Å². The van der Waals surface area contributed by atoms with Gasteiger partial charge in [-0.3, -0.25) is 0 Å². The van der Waals surface area contributed by atoms with E-state index in [1.165, 1.54) is 6.07 Å². The number of nitrogens with one attached hydrogen (secondary N) is 1. The molecule has 0 radical (unpaired) electrons. The summed E-state index contributed by atoms with van der Waals surface area (Å²) < 4.78 is 14.1. The molecule has 3 nitrogen and oxygen atoms in total. The van der Waals surface area contributed by atoms with Gasteiger partial charge in [-0.05, 0) is 34.8 Å². The SMILES string of the molecule is CCC(N)(CC)CNc1ncc(Br)cc1F. The highest BCUT2D eigenvalue weighted by molar-refractivity contribution is 9.10. The van der Waals surface area contributed by atoms with Gasteiger partial charge in [0, 0.05) is 22.8 Å². The van der Waals surface area contributed by atoms with Gasteiger partial charge in [0.05, 0.1) is 0 Å². The lowest BCUT2D eigenvalue weighted by molar-refractivity contribution is 0.417. The van der Waals surface area contributed by atoms with E-state index in [0.717, 1.165) is 12.8 Å². The molecule has 0 aromatic carbocycles. The van der Waals surface area contributed by atoms with Gasteiger partial charge in [0.1, 0.15) is 0 Å². The lowest BCUT2D eigenvalue weighted by atomic mass is 9.94. The molecule has 0 spiro atoms. The fraction of sp³-hybridized carbons (Fsp3) is 0.545. The molecule has 1 aromatic heterocycles. The van der Waals surface area contributed by atoms with Gasteiger partial charge < -0.3 is 11.1 Å². The van der Waals surface area contributed by atoms with Gasteiger partial charge in [0.25, 0.3) is 0 Å². The second kappa shape index (κ2) is 5.59. The van der Waals surface area contributed by atoms with Crippen molar-refractivity contribution in [1.29, 1.82) is 0 Å². The van der Waals surface area contributed by atoms with Crippen molar-refractivity contribution >= 4 is 21.7 Å². The third-order valence-corrected chi connectivity index (χ3v) is 3.26. The number of hydrogen-bond acceptors (Lipinski definition) is 3. The fourth-order valence-corrected chi connectivity index (χ4v) is 1.61. The van der Waals surface area contributed by atoms with Crippen LogP contribution in [0.15, 0.2) is 16.7 Å². The largest absolute Gasteiger partial charge is 0.366 e. The molecule has 0 amide bonds. The molecule has 1 rings (SSSR count). The summed E-state index contributed by atoms with van der Waals surface area (Å²) in [7, 11) is 0. The summed E-state index contributed by atoms with van der Waals surface area (Å²) in [6.45, 7) is 4.57. The van der Waals surface area contributed by atoms with Gasteiger partial charge in [-0.25, -0.2) is 9.37 Å². The maximum Gasteiger partial charge on any atom is 0.166 e. The molecular formula is C11H17BrFN3. The molecule has 1 heterocycles. The van der Waals surface area contributed by atoms with Crippen LogP contribution in [0.3, 0.4) is 0 Å². The van der Waals surface area contributed by atoms with E-state index in [1.807, 2.05) is 13.8 Å². The van der Waals surface area contributed by atoms with Crippen molar-refractivity contribution in [3.63, 3.8) is 0 Å². The standard InChI is InChI=1S/C11H17BrFN3/c1-3-11(14,4-2)7-16-10-9(13)5-8(12)6-15-10/h5-6H,3-4,7,14H2,1-2H3,(H,15,16). The van der Waals surface area contributed by atoms with E-state index in [0.29, 0.717) is 11.0 Å². The number of halogens is 2. The Kier molecular flexibility index (Phi) is 4.68. The molecule has 0 saturated carbocycles. The Balaban J connectivity index is 2.67. The van der Waals surface area contributed by atoms with Crippen molar-refractivity contribution in [2.24, 2.45) is 5.73 Å². The van der Waals surface area contributed by atoms with E-state index in [2.05, 4.69) is 26.2 Å². The highest BCUT2D eigenvalue weighted by atomic mass is 79.9. The molecule has 0 unspecified atom stereocenters. The Morgan fingerprint density at radius 2 is 2.12 bits per heavy atom. The minimum absolute atomic E-state index is 0.250. The molecule has 1 aromatic rings. The number of hydrogen-bond donors (Lipinski definition) is 2. The first kappa shape index (κ1) is 13.4. The first-order chi connectivity index (χ1) is 7.50. The normalized spacial score (nSPS) is 11.6. The third kappa shape index (κ3) is 3.42. The Morgan fingerprint density at radius 1 is 1.50 bits per heavy atom. The highest BCUT2D eigenvalue weighted by Crippen LogP contribution is 2.18. The Hall–Kier alpha value is -0.680. The van der Waals surface area contributed by atoms with Crippen LogP contribution in [-0.2, 0) is 0 Å². The van der Waals surface area contributed by atoms with Gasteiger partial charge in [-0.2, -0.15) is 0 Å². The maximum atomic E-state index is 13.4. The number of pyridine rings is 1. The van der Waals surface area contributed by atoms with Gasteiger partial charge in [0.2, 0.25) is 0 Å². The molecule has 0 atom stereocenters. The van der Waals surface area contributed by atoms with Crippen molar-refractivity contribution < 1.29 is 4.39 Å². The summed E-state index contributed by atoms with van der Waals surface area (Å²) >= 11 is 3.16. The molecule has 90 valence electrons. The molecule has 0 saturated heterocycles. The van der Waals surface area contributed by atoms with Crippen LogP contribution in [0.2, 0.25) is 0 Å². The smallest absolute Gasteiger partial charge is 0.166 e. The highest BCUT2D eigenvalue weighted by Gasteiger charge is 2.20. The van der Waals surface area contributed by atoms with Crippen LogP contribution in [0.25, 0.3) is 0 Å². The van der Waals surface area contributed by atoms with Crippen molar-refractivity contribution in [3.8, 4) is 0 Å². The van der Waals surface area contributed by atoms with Gasteiger partial charge in [-0.1, -0.05) is 13.8 Å². The van der Waals surface area contributed by atoms with Crippen LogP contribution in [0.1, 0.15) is 26.7 Å². The lowest BCUT2D eigenvalue weighted by Gasteiger charge is -2.27. The minimum Gasteiger partial charge on any atom is -0.366 e. The van der Waals surface area contributed by atoms with E-state index < -0.39 is 0 Å². The zero-order valence-corrected chi connectivity index (χ0v) is 11.1. The summed E-state index contributed by atoms with van der Waals surface area (Å²) in [5.41, 5.74) is 5.80. The van der Waals surface area contributed by atoms with E-state index >= 15 is 0 Å². The summed E-state index contributed by atoms with van der Waals surface area (Å²) in [4.78, 5) is 3.96. The molecule has 0 fully saturated rings. The number of anilines is 1. The predicted molar refractivity (Wildman–Crippen MR) is 67.9 cm³/mol. The minimum atomic E-state index is -0.371. The van der Waals surface area contributed by atoms with Crippen LogP contribution in [-0.4, -0.2) is 17.1 Å². The summed E-state index contributed by atoms with van der Waals surface area (Å²) in [5, 5.41) is 2.95. The number of nitrogens with zero attached hydrogens (tertiary/aromatic N) is 1. The Labute approximate surface area is 104 Å². The molecular weight excluding hydrogens is 273 g/mol. The van der Waals surface area contributed by atoms with E-state index in [9.17, 15) is 4.39 Å². The zero-order chi connectivity index (χ0) is 12.2. The first-order valence-electron chi connectivity index (χ1n) is 5.34. The molecule has 16 heavy (non-hydrogen) atoms. The lowest BCUT2D eigenvalue weighted by Crippen LogP contribution is -2.45. The maximum absolute atomic E-state index is 13.4. The monoisotopic (exact) mass is 289 g/mol. The van der Waals surface area contributed by atoms with Crippen molar-refractivity contribution in [3.05, 3.63) is 22.6 Å². The first-order valence-corrected chi connectivity index (χ1v) is 6.14. The molecule has 0 aliphatic rings. The average Bonchev–Trinajstić information content (AvgIpc) is 2.27. The van der Waals surface area contributed by atoms with E-state index in [4.69, 9.17) is 5.73 Å². The summed E-state index contributed by atoms with van der Waals surface area (Å²) in [5.74, 6) is -0.121.